The Balaban J connectivity index is 2.46. The summed E-state index contributed by atoms with van der Waals surface area (Å²) in [5.41, 5.74) is 2.20. The van der Waals surface area contributed by atoms with Crippen LogP contribution in [0.15, 0.2) is 41.2 Å². The second-order valence-electron chi connectivity index (χ2n) is 4.71. The van der Waals surface area contributed by atoms with Gasteiger partial charge in [0, 0.05) is 31.6 Å². The van der Waals surface area contributed by atoms with Crippen LogP contribution in [0.3, 0.4) is 0 Å². The molecule has 2 aromatic rings. The van der Waals surface area contributed by atoms with Gasteiger partial charge in [0.25, 0.3) is 5.56 Å². The van der Waals surface area contributed by atoms with Gasteiger partial charge < -0.3 is 9.30 Å². The number of hydrogen-bond acceptors (Lipinski definition) is 3. The van der Waals surface area contributed by atoms with Crippen molar-refractivity contribution in [3.05, 3.63) is 58.1 Å². The highest BCUT2D eigenvalue weighted by Gasteiger charge is 2.10. The van der Waals surface area contributed by atoms with Crippen LogP contribution in [0.1, 0.15) is 12.0 Å². The lowest BCUT2D eigenvalue weighted by molar-refractivity contribution is 0.190. The van der Waals surface area contributed by atoms with Crippen molar-refractivity contribution in [1.82, 2.24) is 4.57 Å². The number of hydrogen-bond donors (Lipinski definition) is 1. The Morgan fingerprint density at radius 3 is 2.52 bits per heavy atom. The van der Waals surface area contributed by atoms with Crippen LogP contribution in [0.2, 0.25) is 0 Å². The molecule has 2 rings (SSSR count). The first-order valence-electron chi connectivity index (χ1n) is 6.76. The predicted octanol–water partition coefficient (Wildman–Crippen LogP) is 3.12. The van der Waals surface area contributed by atoms with Crippen LogP contribution in [0.25, 0.3) is 11.3 Å². The Kier molecular flexibility index (Phi) is 5.59. The van der Waals surface area contributed by atoms with Crippen molar-refractivity contribution in [2.45, 2.75) is 18.7 Å². The van der Waals surface area contributed by atoms with Crippen molar-refractivity contribution in [1.29, 1.82) is 0 Å². The lowest BCUT2D eigenvalue weighted by Crippen LogP contribution is -2.25. The summed E-state index contributed by atoms with van der Waals surface area (Å²) in [7, 11) is 1.63. The SMILES string of the molecule is COCCCn1c(-c2ccc(F)cc2)ccc(CS)c1=O. The minimum atomic E-state index is -0.293. The fraction of sp³-hybridized carbons (Fsp3) is 0.312. The van der Waals surface area contributed by atoms with Crippen molar-refractivity contribution in [2.75, 3.05) is 13.7 Å². The smallest absolute Gasteiger partial charge is 0.255 e. The number of methoxy groups -OCH3 is 1. The third-order valence-corrected chi connectivity index (χ3v) is 3.63. The number of pyridine rings is 1. The van der Waals surface area contributed by atoms with Crippen molar-refractivity contribution >= 4 is 12.6 Å². The molecule has 112 valence electrons. The largest absolute Gasteiger partial charge is 0.385 e. The van der Waals surface area contributed by atoms with Gasteiger partial charge in [-0.3, -0.25) is 4.79 Å². The van der Waals surface area contributed by atoms with Gasteiger partial charge in [-0.1, -0.05) is 6.07 Å². The van der Waals surface area contributed by atoms with Crippen molar-refractivity contribution in [3.8, 4) is 11.3 Å². The molecule has 0 atom stereocenters. The number of ether oxygens (including phenoxy) is 1. The molecule has 0 aliphatic rings. The number of rotatable bonds is 6. The van der Waals surface area contributed by atoms with Gasteiger partial charge in [0.15, 0.2) is 0 Å². The maximum absolute atomic E-state index is 13.1. The quantitative estimate of drug-likeness (QED) is 0.657. The van der Waals surface area contributed by atoms with Gasteiger partial charge in [-0.2, -0.15) is 12.6 Å². The first-order valence-corrected chi connectivity index (χ1v) is 7.39. The third-order valence-electron chi connectivity index (χ3n) is 3.29. The summed E-state index contributed by atoms with van der Waals surface area (Å²) in [6.07, 6.45) is 0.737. The molecule has 1 heterocycles. The summed E-state index contributed by atoms with van der Waals surface area (Å²) in [5, 5.41) is 0. The van der Waals surface area contributed by atoms with E-state index in [4.69, 9.17) is 4.74 Å². The lowest BCUT2D eigenvalue weighted by Gasteiger charge is -2.14. The Hall–Kier alpha value is -1.59. The average Bonchev–Trinajstić information content (AvgIpc) is 2.50. The van der Waals surface area contributed by atoms with E-state index in [1.807, 2.05) is 6.07 Å². The van der Waals surface area contributed by atoms with E-state index in [1.165, 1.54) is 12.1 Å². The Labute approximate surface area is 128 Å². The molecule has 1 aromatic heterocycles. The normalized spacial score (nSPS) is 10.8. The molecule has 1 aromatic carbocycles. The Bertz CT molecular complexity index is 652. The molecule has 0 fully saturated rings. The number of thiol groups is 1. The summed E-state index contributed by atoms with van der Waals surface area (Å²) in [5.74, 6) is 0.103. The van der Waals surface area contributed by atoms with Gasteiger partial charge >= 0.3 is 0 Å². The fourth-order valence-corrected chi connectivity index (χ4v) is 2.45. The molecule has 3 nitrogen and oxygen atoms in total. The number of aromatic nitrogens is 1. The van der Waals surface area contributed by atoms with E-state index in [1.54, 1.807) is 29.9 Å². The first kappa shape index (κ1) is 15.8. The predicted molar refractivity (Wildman–Crippen MR) is 85.3 cm³/mol. The standard InChI is InChI=1S/C16H18FNO2S/c1-20-10-2-9-18-15(8-5-13(11-21)16(18)19)12-3-6-14(17)7-4-12/h3-8,21H,2,9-11H2,1H3. The van der Waals surface area contributed by atoms with Gasteiger partial charge in [-0.25, -0.2) is 4.39 Å². The second kappa shape index (κ2) is 7.43. The summed E-state index contributed by atoms with van der Waals surface area (Å²) in [4.78, 5) is 12.5. The Morgan fingerprint density at radius 2 is 1.90 bits per heavy atom. The van der Waals surface area contributed by atoms with E-state index in [-0.39, 0.29) is 11.4 Å². The topological polar surface area (TPSA) is 31.2 Å². The highest BCUT2D eigenvalue weighted by atomic mass is 32.1. The monoisotopic (exact) mass is 307 g/mol. The van der Waals surface area contributed by atoms with Crippen LogP contribution >= 0.6 is 12.6 Å². The molecule has 0 N–H and O–H groups in total. The minimum absolute atomic E-state index is 0.0528. The van der Waals surface area contributed by atoms with Gasteiger partial charge in [0.1, 0.15) is 5.82 Å². The van der Waals surface area contributed by atoms with E-state index >= 15 is 0 Å². The van der Waals surface area contributed by atoms with Gasteiger partial charge in [-0.05, 0) is 42.3 Å². The average molecular weight is 307 g/mol. The van der Waals surface area contributed by atoms with Crippen LogP contribution in [0, 0.1) is 5.82 Å². The number of nitrogens with zero attached hydrogens (tertiary/aromatic N) is 1. The lowest BCUT2D eigenvalue weighted by atomic mass is 10.1. The molecule has 0 saturated carbocycles. The molecule has 0 unspecified atom stereocenters. The summed E-state index contributed by atoms with van der Waals surface area (Å²) >= 11 is 4.18. The highest BCUT2D eigenvalue weighted by molar-refractivity contribution is 7.79. The fourth-order valence-electron chi connectivity index (χ4n) is 2.21. The molecule has 21 heavy (non-hydrogen) atoms. The number of benzene rings is 1. The minimum Gasteiger partial charge on any atom is -0.385 e. The molecule has 0 radical (unpaired) electrons. The molecule has 5 heteroatoms. The van der Waals surface area contributed by atoms with E-state index in [0.717, 1.165) is 17.7 Å². The van der Waals surface area contributed by atoms with Crippen LogP contribution in [0.4, 0.5) is 4.39 Å². The second-order valence-corrected chi connectivity index (χ2v) is 5.03. The van der Waals surface area contributed by atoms with E-state index in [2.05, 4.69) is 12.6 Å². The van der Waals surface area contributed by atoms with Crippen LogP contribution in [-0.4, -0.2) is 18.3 Å². The molecule has 0 spiro atoms. The maximum Gasteiger partial charge on any atom is 0.255 e. The highest BCUT2D eigenvalue weighted by Crippen LogP contribution is 2.19. The van der Waals surface area contributed by atoms with Crippen molar-refractivity contribution in [2.24, 2.45) is 0 Å². The molecule has 0 aliphatic carbocycles. The zero-order valence-corrected chi connectivity index (χ0v) is 12.8. The van der Waals surface area contributed by atoms with Crippen LogP contribution in [0.5, 0.6) is 0 Å². The maximum atomic E-state index is 13.1. The van der Waals surface area contributed by atoms with Crippen LogP contribution in [-0.2, 0) is 17.0 Å². The van der Waals surface area contributed by atoms with E-state index < -0.39 is 0 Å². The van der Waals surface area contributed by atoms with Gasteiger partial charge in [-0.15, -0.1) is 0 Å². The zero-order chi connectivity index (χ0) is 15.2. The third kappa shape index (κ3) is 3.74. The molecule has 0 aliphatic heterocycles. The first-order chi connectivity index (χ1) is 10.2. The van der Waals surface area contributed by atoms with E-state index in [0.29, 0.717) is 24.5 Å². The summed E-state index contributed by atoms with van der Waals surface area (Å²) in [6, 6.07) is 9.81. The molecular formula is C16H18FNO2S. The van der Waals surface area contributed by atoms with Gasteiger partial charge in [0.05, 0.1) is 5.69 Å². The van der Waals surface area contributed by atoms with Crippen LogP contribution < -0.4 is 5.56 Å². The van der Waals surface area contributed by atoms with Crippen molar-refractivity contribution < 1.29 is 9.13 Å². The van der Waals surface area contributed by atoms with Crippen molar-refractivity contribution in [3.63, 3.8) is 0 Å². The molecule has 0 bridgehead atoms. The summed E-state index contributed by atoms with van der Waals surface area (Å²) < 4.78 is 19.8. The zero-order valence-electron chi connectivity index (χ0n) is 11.9. The number of halogens is 1. The Morgan fingerprint density at radius 1 is 1.19 bits per heavy atom. The molecule has 0 amide bonds. The molecule has 0 saturated heterocycles. The van der Waals surface area contributed by atoms with E-state index in [9.17, 15) is 9.18 Å². The summed E-state index contributed by atoms with van der Waals surface area (Å²) in [6.45, 7) is 1.14. The molecular weight excluding hydrogens is 289 g/mol. The van der Waals surface area contributed by atoms with Gasteiger partial charge in [0.2, 0.25) is 0 Å².